The van der Waals surface area contributed by atoms with E-state index in [1.807, 2.05) is 24.6 Å². The van der Waals surface area contributed by atoms with E-state index in [9.17, 15) is 9.90 Å². The second kappa shape index (κ2) is 7.26. The first-order valence-corrected chi connectivity index (χ1v) is 9.60. The lowest BCUT2D eigenvalue weighted by Gasteiger charge is -2.30. The summed E-state index contributed by atoms with van der Waals surface area (Å²) >= 11 is 1.55. The Labute approximate surface area is 160 Å². The van der Waals surface area contributed by atoms with Crippen molar-refractivity contribution in [2.24, 2.45) is 7.05 Å². The molecule has 0 saturated carbocycles. The second-order valence-electron chi connectivity index (χ2n) is 6.67. The summed E-state index contributed by atoms with van der Waals surface area (Å²) in [5, 5.41) is 24.5. The van der Waals surface area contributed by atoms with Gasteiger partial charge in [-0.2, -0.15) is 0 Å². The molecular formula is C18H21N5O3S. The number of morpholine rings is 1. The number of nitrogens with one attached hydrogen (secondary N) is 1. The zero-order chi connectivity index (χ0) is 19.0. The first-order chi connectivity index (χ1) is 13.0. The summed E-state index contributed by atoms with van der Waals surface area (Å²) in [6, 6.07) is 5.52. The van der Waals surface area contributed by atoms with E-state index in [-0.39, 0.29) is 23.2 Å². The molecule has 142 valence electrons. The molecule has 0 radical (unpaired) electrons. The molecule has 0 unspecified atom stereocenters. The van der Waals surface area contributed by atoms with Gasteiger partial charge in [-0.25, -0.2) is 0 Å². The number of benzene rings is 1. The van der Waals surface area contributed by atoms with Crippen LogP contribution < -0.4 is 10.9 Å². The highest BCUT2D eigenvalue weighted by molar-refractivity contribution is 7.17. The third kappa shape index (κ3) is 3.41. The lowest BCUT2D eigenvalue weighted by Crippen LogP contribution is -2.43. The Kier molecular flexibility index (Phi) is 4.81. The van der Waals surface area contributed by atoms with Crippen LogP contribution in [0, 0.1) is 0 Å². The van der Waals surface area contributed by atoms with E-state index >= 15 is 0 Å². The zero-order valence-electron chi connectivity index (χ0n) is 15.2. The predicted molar refractivity (Wildman–Crippen MR) is 105 cm³/mol. The molecule has 8 nitrogen and oxygen atoms in total. The Morgan fingerprint density at radius 1 is 1.33 bits per heavy atom. The number of anilines is 1. The minimum atomic E-state index is -0.297. The highest BCUT2D eigenvalue weighted by Gasteiger charge is 2.20. The van der Waals surface area contributed by atoms with E-state index in [4.69, 9.17) is 4.74 Å². The summed E-state index contributed by atoms with van der Waals surface area (Å²) < 4.78 is 8.06. The summed E-state index contributed by atoms with van der Waals surface area (Å²) in [7, 11) is 3.67. The highest BCUT2D eigenvalue weighted by atomic mass is 32.1. The van der Waals surface area contributed by atoms with Crippen LogP contribution in [0.4, 0.5) is 5.82 Å². The number of likely N-dealkylation sites (N-methyl/N-ethyl adjacent to an activating group) is 1. The Bertz CT molecular complexity index is 1030. The minimum absolute atomic E-state index is 0.0000229. The quantitative estimate of drug-likeness (QED) is 0.701. The maximum atomic E-state index is 12.7. The van der Waals surface area contributed by atoms with Gasteiger partial charge in [0, 0.05) is 36.8 Å². The lowest BCUT2D eigenvalue weighted by molar-refractivity contribution is -0.0117. The van der Waals surface area contributed by atoms with E-state index in [2.05, 4.69) is 20.4 Å². The Morgan fingerprint density at radius 3 is 3.00 bits per heavy atom. The van der Waals surface area contributed by atoms with Crippen LogP contribution in [0.3, 0.4) is 0 Å². The number of phenols is 1. The summed E-state index contributed by atoms with van der Waals surface area (Å²) in [5.74, 6) is 0.608. The van der Waals surface area contributed by atoms with Gasteiger partial charge in [0.1, 0.15) is 5.75 Å². The van der Waals surface area contributed by atoms with Crippen LogP contribution in [0.1, 0.15) is 0 Å². The molecule has 0 spiro atoms. The van der Waals surface area contributed by atoms with Crippen molar-refractivity contribution in [2.45, 2.75) is 6.10 Å². The Balaban J connectivity index is 1.60. The molecule has 1 aliphatic rings. The molecule has 1 aliphatic heterocycles. The molecule has 0 bridgehead atoms. The molecule has 9 heteroatoms. The van der Waals surface area contributed by atoms with Crippen LogP contribution in [0.15, 0.2) is 28.4 Å². The van der Waals surface area contributed by atoms with Crippen molar-refractivity contribution in [3.63, 3.8) is 0 Å². The Hall–Kier alpha value is -2.49. The van der Waals surface area contributed by atoms with Crippen LogP contribution in [-0.2, 0) is 11.8 Å². The van der Waals surface area contributed by atoms with Gasteiger partial charge in [-0.15, -0.1) is 21.5 Å². The van der Waals surface area contributed by atoms with Crippen molar-refractivity contribution >= 4 is 27.2 Å². The van der Waals surface area contributed by atoms with Gasteiger partial charge in [0.2, 0.25) is 5.82 Å². The molecule has 3 heterocycles. The van der Waals surface area contributed by atoms with Gasteiger partial charge in [0.15, 0.2) is 5.82 Å². The fourth-order valence-electron chi connectivity index (χ4n) is 3.22. The lowest BCUT2D eigenvalue weighted by atomic mass is 10.1. The molecule has 2 aromatic heterocycles. The molecule has 0 amide bonds. The van der Waals surface area contributed by atoms with Gasteiger partial charge in [0.05, 0.1) is 18.3 Å². The number of nitrogens with zero attached hydrogens (tertiary/aromatic N) is 4. The van der Waals surface area contributed by atoms with Crippen molar-refractivity contribution in [1.82, 2.24) is 19.7 Å². The van der Waals surface area contributed by atoms with Gasteiger partial charge in [-0.05, 0) is 30.6 Å². The number of hydrogen-bond donors (Lipinski definition) is 2. The second-order valence-corrected chi connectivity index (χ2v) is 7.61. The fraction of sp³-hybridized carbons (Fsp3) is 0.389. The molecule has 4 rings (SSSR count). The van der Waals surface area contributed by atoms with Gasteiger partial charge in [-0.3, -0.25) is 9.36 Å². The zero-order valence-corrected chi connectivity index (χ0v) is 16.0. The number of rotatable bonds is 4. The van der Waals surface area contributed by atoms with Crippen molar-refractivity contribution in [1.29, 1.82) is 0 Å². The van der Waals surface area contributed by atoms with Crippen molar-refractivity contribution in [3.05, 3.63) is 33.9 Å². The molecule has 3 aromatic rings. The van der Waals surface area contributed by atoms with Crippen LogP contribution in [0.25, 0.3) is 21.5 Å². The number of aromatic nitrogens is 3. The maximum absolute atomic E-state index is 12.7. The molecule has 1 aromatic carbocycles. The maximum Gasteiger partial charge on any atom is 0.296 e. The summed E-state index contributed by atoms with van der Waals surface area (Å²) in [4.78, 5) is 14.9. The molecule has 1 saturated heterocycles. The molecule has 0 aliphatic carbocycles. The number of hydrogen-bond acceptors (Lipinski definition) is 8. The Morgan fingerprint density at radius 2 is 2.19 bits per heavy atom. The van der Waals surface area contributed by atoms with E-state index in [1.54, 1.807) is 24.5 Å². The van der Waals surface area contributed by atoms with Gasteiger partial charge in [0.25, 0.3) is 5.56 Å². The van der Waals surface area contributed by atoms with Gasteiger partial charge in [-0.1, -0.05) is 0 Å². The minimum Gasteiger partial charge on any atom is -0.507 e. The van der Waals surface area contributed by atoms with Crippen molar-refractivity contribution in [3.8, 4) is 17.1 Å². The van der Waals surface area contributed by atoms with Crippen LogP contribution in [0.5, 0.6) is 5.75 Å². The average molecular weight is 387 g/mol. The summed E-state index contributed by atoms with van der Waals surface area (Å²) in [6.45, 7) is 2.87. The SMILES string of the molecule is CN1CCO[C@@H](CNc2nnc(-c3ccc4sccc4c3O)n(C)c2=O)C1. The smallest absolute Gasteiger partial charge is 0.296 e. The van der Waals surface area contributed by atoms with Crippen LogP contribution >= 0.6 is 11.3 Å². The third-order valence-electron chi connectivity index (χ3n) is 4.76. The average Bonchev–Trinajstić information content (AvgIpc) is 3.14. The molecule has 2 N–H and O–H groups in total. The number of fused-ring (bicyclic) bond motifs is 1. The molecule has 1 fully saturated rings. The highest BCUT2D eigenvalue weighted by Crippen LogP contribution is 2.36. The van der Waals surface area contributed by atoms with E-state index < -0.39 is 0 Å². The van der Waals surface area contributed by atoms with Gasteiger partial charge < -0.3 is 20.1 Å². The van der Waals surface area contributed by atoms with Crippen molar-refractivity contribution in [2.75, 3.05) is 38.6 Å². The number of thiophene rings is 1. The predicted octanol–water partition coefficient (Wildman–Crippen LogP) is 1.51. The first-order valence-electron chi connectivity index (χ1n) is 8.72. The topological polar surface area (TPSA) is 92.5 Å². The standard InChI is InChI=1S/C18H21N5O3S/c1-22-6-7-26-11(10-22)9-19-16-18(25)23(2)17(21-20-16)13-3-4-14-12(15(13)24)5-8-27-14/h3-5,8,11,24H,6-7,9-10H2,1-2H3,(H,19,20)/t11-/m0/s1. The summed E-state index contributed by atoms with van der Waals surface area (Å²) in [6.07, 6.45) is -0.0000229. The molecule has 1 atom stereocenters. The summed E-state index contributed by atoms with van der Waals surface area (Å²) in [5.41, 5.74) is 0.186. The van der Waals surface area contributed by atoms with Crippen LogP contribution in [0.2, 0.25) is 0 Å². The first kappa shape index (κ1) is 17.9. The van der Waals surface area contributed by atoms with E-state index in [0.29, 0.717) is 24.5 Å². The fourth-order valence-corrected chi connectivity index (χ4v) is 4.01. The number of phenolic OH excluding ortho intramolecular Hbond substituents is 1. The van der Waals surface area contributed by atoms with Gasteiger partial charge >= 0.3 is 0 Å². The third-order valence-corrected chi connectivity index (χ3v) is 5.64. The largest absolute Gasteiger partial charge is 0.507 e. The molecular weight excluding hydrogens is 366 g/mol. The molecule has 27 heavy (non-hydrogen) atoms. The monoisotopic (exact) mass is 387 g/mol. The number of ether oxygens (including phenoxy) is 1. The van der Waals surface area contributed by atoms with E-state index in [1.165, 1.54) is 4.57 Å². The normalized spacial score (nSPS) is 18.1. The van der Waals surface area contributed by atoms with E-state index in [0.717, 1.165) is 23.2 Å². The van der Waals surface area contributed by atoms with Crippen molar-refractivity contribution < 1.29 is 9.84 Å². The van der Waals surface area contributed by atoms with Crippen LogP contribution in [-0.4, -0.2) is 64.2 Å². The number of aromatic hydroxyl groups is 1.